The Morgan fingerprint density at radius 1 is 1.11 bits per heavy atom. The Balaban J connectivity index is 2.22. The fourth-order valence-electron chi connectivity index (χ4n) is 1.48. The summed E-state index contributed by atoms with van der Waals surface area (Å²) in [6.45, 7) is 3.78. The summed E-state index contributed by atoms with van der Waals surface area (Å²) in [5.74, 6) is -0.244. The van der Waals surface area contributed by atoms with Crippen LogP contribution in [0, 0.1) is 13.8 Å². The topological polar surface area (TPSA) is 27.1 Å². The van der Waals surface area contributed by atoms with Gasteiger partial charge in [0.2, 0.25) is 0 Å². The first-order chi connectivity index (χ1) is 8.35. The Kier molecular flexibility index (Phi) is 3.02. The van der Waals surface area contributed by atoms with Gasteiger partial charge >= 0.3 is 6.36 Å². The molecule has 2 rings (SSSR count). The molecule has 0 N–H and O–H groups in total. The lowest BCUT2D eigenvalue weighted by Gasteiger charge is -2.09. The van der Waals surface area contributed by atoms with Crippen molar-refractivity contribution in [2.24, 2.45) is 0 Å². The summed E-state index contributed by atoms with van der Waals surface area (Å²) in [7, 11) is 0. The zero-order chi connectivity index (χ0) is 13.3. The lowest BCUT2D eigenvalue weighted by molar-refractivity contribution is -0.274. The quantitative estimate of drug-likeness (QED) is 0.823. The monoisotopic (exact) mass is 256 g/mol. The largest absolute Gasteiger partial charge is 0.573 e. The van der Waals surface area contributed by atoms with Crippen molar-refractivity contribution in [2.45, 2.75) is 20.2 Å². The summed E-state index contributed by atoms with van der Waals surface area (Å²) in [5.41, 5.74) is 2.58. The van der Waals surface area contributed by atoms with Crippen LogP contribution in [-0.2, 0) is 0 Å². The number of rotatable bonds is 2. The third-order valence-electron chi connectivity index (χ3n) is 2.48. The van der Waals surface area contributed by atoms with E-state index >= 15 is 0 Å². The smallest absolute Gasteiger partial charge is 0.406 e. The minimum Gasteiger partial charge on any atom is -0.406 e. The Morgan fingerprint density at radius 2 is 1.72 bits per heavy atom. The molecule has 0 amide bonds. The second-order valence-electron chi connectivity index (χ2n) is 3.88. The summed E-state index contributed by atoms with van der Waals surface area (Å²) in [5, 5.41) is 4.24. The summed E-state index contributed by atoms with van der Waals surface area (Å²) in [4.78, 5) is 0. The molecule has 1 heterocycles. The lowest BCUT2D eigenvalue weighted by atomic mass is 10.3. The van der Waals surface area contributed by atoms with E-state index in [4.69, 9.17) is 0 Å². The molecule has 3 nitrogen and oxygen atoms in total. The van der Waals surface area contributed by atoms with E-state index < -0.39 is 6.36 Å². The Hall–Kier alpha value is -1.98. The van der Waals surface area contributed by atoms with E-state index in [1.165, 1.54) is 24.3 Å². The molecule has 0 spiro atoms. The highest BCUT2D eigenvalue weighted by Gasteiger charge is 2.30. The molecule has 0 radical (unpaired) electrons. The minimum atomic E-state index is -4.67. The first-order valence-corrected chi connectivity index (χ1v) is 5.24. The van der Waals surface area contributed by atoms with Crippen molar-refractivity contribution in [2.75, 3.05) is 0 Å². The Bertz CT molecular complexity index is 524. The zero-order valence-electron chi connectivity index (χ0n) is 9.82. The average Bonchev–Trinajstić information content (AvgIpc) is 2.58. The number of aryl methyl sites for hydroxylation is 2. The minimum absolute atomic E-state index is 0.244. The number of nitrogens with zero attached hydrogens (tertiary/aromatic N) is 2. The van der Waals surface area contributed by atoms with Gasteiger partial charge in [-0.05, 0) is 43.7 Å². The maximum Gasteiger partial charge on any atom is 0.573 e. The van der Waals surface area contributed by atoms with Crippen molar-refractivity contribution in [1.29, 1.82) is 0 Å². The molecule has 2 aromatic rings. The first kappa shape index (κ1) is 12.5. The number of alkyl halides is 3. The van der Waals surface area contributed by atoms with Crippen LogP contribution in [0.1, 0.15) is 11.3 Å². The molecule has 0 saturated carbocycles. The summed E-state index contributed by atoms with van der Waals surface area (Å²) in [6, 6.07) is 5.56. The molecule has 0 aliphatic rings. The standard InChI is InChI=1S/C12H11F3N2O/c1-8-7-17(16-9(8)2)10-3-5-11(6-4-10)18-12(13,14)15/h3-7H,1-2H3. The molecule has 0 aliphatic heterocycles. The molecule has 6 heteroatoms. The highest BCUT2D eigenvalue weighted by molar-refractivity contribution is 5.37. The average molecular weight is 256 g/mol. The molecule has 96 valence electrons. The molecular weight excluding hydrogens is 245 g/mol. The van der Waals surface area contributed by atoms with Gasteiger partial charge in [-0.25, -0.2) is 4.68 Å². The van der Waals surface area contributed by atoms with E-state index in [9.17, 15) is 13.2 Å². The normalized spacial score (nSPS) is 11.6. The van der Waals surface area contributed by atoms with Gasteiger partial charge in [-0.15, -0.1) is 13.2 Å². The number of halogens is 3. The van der Waals surface area contributed by atoms with Gasteiger partial charge in [-0.2, -0.15) is 5.10 Å². The molecule has 0 fully saturated rings. The third-order valence-corrected chi connectivity index (χ3v) is 2.48. The highest BCUT2D eigenvalue weighted by atomic mass is 19.4. The van der Waals surface area contributed by atoms with E-state index in [1.807, 2.05) is 20.0 Å². The van der Waals surface area contributed by atoms with Crippen LogP contribution in [0.2, 0.25) is 0 Å². The number of ether oxygens (including phenoxy) is 1. The van der Waals surface area contributed by atoms with Gasteiger partial charge in [-0.1, -0.05) is 0 Å². The highest BCUT2D eigenvalue weighted by Crippen LogP contribution is 2.23. The van der Waals surface area contributed by atoms with Gasteiger partial charge in [0.05, 0.1) is 11.4 Å². The van der Waals surface area contributed by atoms with Gasteiger partial charge < -0.3 is 4.74 Å². The van der Waals surface area contributed by atoms with Crippen molar-refractivity contribution in [3.63, 3.8) is 0 Å². The molecule has 0 atom stereocenters. The van der Waals surface area contributed by atoms with Gasteiger partial charge in [0, 0.05) is 6.20 Å². The van der Waals surface area contributed by atoms with Crippen LogP contribution in [0.25, 0.3) is 5.69 Å². The summed E-state index contributed by atoms with van der Waals surface area (Å²) >= 11 is 0. The predicted molar refractivity (Wildman–Crippen MR) is 59.7 cm³/mol. The molecule has 0 aliphatic carbocycles. The summed E-state index contributed by atoms with van der Waals surface area (Å²) in [6.07, 6.45) is -2.85. The van der Waals surface area contributed by atoms with Crippen LogP contribution in [0.5, 0.6) is 5.75 Å². The van der Waals surface area contributed by atoms with E-state index in [1.54, 1.807) is 4.68 Å². The van der Waals surface area contributed by atoms with Crippen LogP contribution >= 0.6 is 0 Å². The maximum atomic E-state index is 12.0. The fraction of sp³-hybridized carbons (Fsp3) is 0.250. The van der Waals surface area contributed by atoms with Gasteiger partial charge in [0.15, 0.2) is 0 Å². The molecule has 1 aromatic carbocycles. The predicted octanol–water partition coefficient (Wildman–Crippen LogP) is 3.39. The van der Waals surface area contributed by atoms with E-state index in [2.05, 4.69) is 9.84 Å². The second kappa shape index (κ2) is 4.36. The maximum absolute atomic E-state index is 12.0. The number of benzene rings is 1. The van der Waals surface area contributed by atoms with Crippen LogP contribution in [0.4, 0.5) is 13.2 Å². The van der Waals surface area contributed by atoms with Crippen LogP contribution < -0.4 is 4.74 Å². The molecule has 1 aromatic heterocycles. The van der Waals surface area contributed by atoms with Gasteiger partial charge in [0.25, 0.3) is 0 Å². The third kappa shape index (κ3) is 2.82. The van der Waals surface area contributed by atoms with Crippen molar-refractivity contribution in [3.05, 3.63) is 41.7 Å². The molecule has 0 unspecified atom stereocenters. The van der Waals surface area contributed by atoms with Crippen LogP contribution in [0.15, 0.2) is 30.5 Å². The first-order valence-electron chi connectivity index (χ1n) is 5.24. The second-order valence-corrected chi connectivity index (χ2v) is 3.88. The van der Waals surface area contributed by atoms with E-state index in [-0.39, 0.29) is 5.75 Å². The lowest BCUT2D eigenvalue weighted by Crippen LogP contribution is -2.17. The zero-order valence-corrected chi connectivity index (χ0v) is 9.82. The van der Waals surface area contributed by atoms with Gasteiger partial charge in [0.1, 0.15) is 5.75 Å². The Labute approximate surface area is 102 Å². The molecule has 0 bridgehead atoms. The van der Waals surface area contributed by atoms with E-state index in [0.29, 0.717) is 5.69 Å². The molecule has 0 saturated heterocycles. The van der Waals surface area contributed by atoms with Crippen molar-refractivity contribution in [3.8, 4) is 11.4 Å². The number of hydrogen-bond acceptors (Lipinski definition) is 2. The molecule has 18 heavy (non-hydrogen) atoms. The number of hydrogen-bond donors (Lipinski definition) is 0. The van der Waals surface area contributed by atoms with Gasteiger partial charge in [-0.3, -0.25) is 0 Å². The fourth-order valence-corrected chi connectivity index (χ4v) is 1.48. The van der Waals surface area contributed by atoms with Crippen LogP contribution in [0.3, 0.4) is 0 Å². The van der Waals surface area contributed by atoms with Crippen molar-refractivity contribution < 1.29 is 17.9 Å². The Morgan fingerprint density at radius 3 is 2.17 bits per heavy atom. The van der Waals surface area contributed by atoms with Crippen LogP contribution in [-0.4, -0.2) is 16.1 Å². The SMILES string of the molecule is Cc1cn(-c2ccc(OC(F)(F)F)cc2)nc1C. The van der Waals surface area contributed by atoms with E-state index in [0.717, 1.165) is 11.3 Å². The number of aromatic nitrogens is 2. The van der Waals surface area contributed by atoms with Crippen molar-refractivity contribution >= 4 is 0 Å². The summed E-state index contributed by atoms with van der Waals surface area (Å²) < 4.78 is 41.3. The molecular formula is C12H11F3N2O. The van der Waals surface area contributed by atoms with Crippen molar-refractivity contribution in [1.82, 2.24) is 9.78 Å².